The van der Waals surface area contributed by atoms with E-state index in [4.69, 9.17) is 10.4 Å². The Labute approximate surface area is 181 Å². The third-order valence-electron chi connectivity index (χ3n) is 5.93. The summed E-state index contributed by atoms with van der Waals surface area (Å²) in [6.45, 7) is 0. The Hall–Kier alpha value is -1.04. The lowest BCUT2D eigenvalue weighted by Gasteiger charge is -2.04. The summed E-state index contributed by atoms with van der Waals surface area (Å²) in [5.41, 5.74) is 0. The first-order valence-corrected chi connectivity index (χ1v) is 12.9. The lowest BCUT2D eigenvalue weighted by atomic mass is 10.0. The van der Waals surface area contributed by atoms with Crippen LogP contribution in [0.3, 0.4) is 0 Å². The molecule has 0 amide bonds. The van der Waals surface area contributed by atoms with Gasteiger partial charge in [0.15, 0.2) is 0 Å². The molecule has 0 saturated heterocycles. The molecule has 0 unspecified atom stereocenters. The van der Waals surface area contributed by atoms with Gasteiger partial charge in [-0.1, -0.05) is 128 Å². The molecule has 0 radical (unpaired) electrons. The molecule has 1 N–H and O–H groups in total. The standard InChI is InChI=1S/C26H49NO2/c27-25-23-21-19-17-15-13-11-9-7-5-3-1-2-4-6-8-10-12-14-16-18-20-22-24-26(28)29/h1-24H2,(H,28,29). The monoisotopic (exact) mass is 407 g/mol. The SMILES string of the molecule is N#CCCCCCCCCCCCCCCCCCCCCCCCCC(=O)O. The molecule has 0 aromatic rings. The summed E-state index contributed by atoms with van der Waals surface area (Å²) in [5.74, 6) is -0.656. The quantitative estimate of drug-likeness (QED) is 0.162. The van der Waals surface area contributed by atoms with Crippen molar-refractivity contribution in [3.8, 4) is 6.07 Å². The fourth-order valence-electron chi connectivity index (χ4n) is 4.02. The third kappa shape index (κ3) is 27.0. The molecule has 0 fully saturated rings. The number of rotatable bonds is 24. The van der Waals surface area contributed by atoms with Gasteiger partial charge in [-0.3, -0.25) is 4.79 Å². The summed E-state index contributed by atoms with van der Waals surface area (Å²) in [6, 6.07) is 2.22. The molecule has 0 aromatic heterocycles. The first-order valence-electron chi connectivity index (χ1n) is 12.9. The van der Waals surface area contributed by atoms with E-state index in [-0.39, 0.29) is 0 Å². The minimum Gasteiger partial charge on any atom is -0.481 e. The molecule has 29 heavy (non-hydrogen) atoms. The van der Waals surface area contributed by atoms with Gasteiger partial charge in [-0.25, -0.2) is 0 Å². The van der Waals surface area contributed by atoms with Crippen LogP contribution in [0.15, 0.2) is 0 Å². The maximum atomic E-state index is 10.4. The van der Waals surface area contributed by atoms with E-state index in [1.807, 2.05) is 0 Å². The Morgan fingerprint density at radius 2 is 0.724 bits per heavy atom. The Kier molecular flexibility index (Phi) is 24.1. The Morgan fingerprint density at radius 3 is 0.966 bits per heavy atom. The summed E-state index contributed by atoms with van der Waals surface area (Å²) < 4.78 is 0. The van der Waals surface area contributed by atoms with Gasteiger partial charge in [0.1, 0.15) is 0 Å². The predicted octanol–water partition coefficient (Wildman–Crippen LogP) is 8.96. The van der Waals surface area contributed by atoms with Crippen LogP contribution in [-0.4, -0.2) is 11.1 Å². The van der Waals surface area contributed by atoms with E-state index in [2.05, 4.69) is 6.07 Å². The van der Waals surface area contributed by atoms with Gasteiger partial charge in [0, 0.05) is 12.8 Å². The molecule has 3 heteroatoms. The van der Waals surface area contributed by atoms with Crippen molar-refractivity contribution in [3.63, 3.8) is 0 Å². The second kappa shape index (κ2) is 25.0. The number of hydrogen-bond donors (Lipinski definition) is 1. The Balaban J connectivity index is 3.00. The molecule has 0 aromatic carbocycles. The first kappa shape index (κ1) is 28.0. The van der Waals surface area contributed by atoms with E-state index < -0.39 is 5.97 Å². The number of aliphatic carboxylic acids is 1. The zero-order chi connectivity index (χ0) is 21.3. The number of nitriles is 1. The fourth-order valence-corrected chi connectivity index (χ4v) is 4.02. The van der Waals surface area contributed by atoms with E-state index in [0.29, 0.717) is 6.42 Å². The Morgan fingerprint density at radius 1 is 0.483 bits per heavy atom. The van der Waals surface area contributed by atoms with Crippen molar-refractivity contribution in [1.82, 2.24) is 0 Å². The van der Waals surface area contributed by atoms with Crippen molar-refractivity contribution < 1.29 is 9.90 Å². The number of carbonyl (C=O) groups is 1. The summed E-state index contributed by atoms with van der Waals surface area (Å²) in [5, 5.41) is 17.1. The van der Waals surface area contributed by atoms with E-state index in [0.717, 1.165) is 25.7 Å². The lowest BCUT2D eigenvalue weighted by Crippen LogP contribution is -1.93. The van der Waals surface area contributed by atoms with Crippen LogP contribution in [0.4, 0.5) is 0 Å². The van der Waals surface area contributed by atoms with Gasteiger partial charge in [-0.15, -0.1) is 0 Å². The molecule has 0 aliphatic carbocycles. The van der Waals surface area contributed by atoms with Gasteiger partial charge in [-0.05, 0) is 12.8 Å². The van der Waals surface area contributed by atoms with Crippen molar-refractivity contribution in [1.29, 1.82) is 5.26 Å². The van der Waals surface area contributed by atoms with E-state index >= 15 is 0 Å². The molecular weight excluding hydrogens is 358 g/mol. The minimum absolute atomic E-state index is 0.339. The number of hydrogen-bond acceptors (Lipinski definition) is 2. The smallest absolute Gasteiger partial charge is 0.303 e. The second-order valence-electron chi connectivity index (χ2n) is 8.83. The molecule has 0 bridgehead atoms. The molecule has 170 valence electrons. The number of carboxylic acids is 1. The molecule has 0 heterocycles. The third-order valence-corrected chi connectivity index (χ3v) is 5.93. The molecule has 0 rings (SSSR count). The van der Waals surface area contributed by atoms with Gasteiger partial charge in [0.25, 0.3) is 0 Å². The maximum absolute atomic E-state index is 10.4. The summed E-state index contributed by atoms with van der Waals surface area (Å²) in [4.78, 5) is 10.4. The molecule has 0 spiro atoms. The van der Waals surface area contributed by atoms with Crippen LogP contribution in [0.5, 0.6) is 0 Å². The number of nitrogens with zero attached hydrogens (tertiary/aromatic N) is 1. The van der Waals surface area contributed by atoms with Crippen LogP contribution < -0.4 is 0 Å². The molecule has 0 saturated carbocycles. The highest BCUT2D eigenvalue weighted by Gasteiger charge is 1.97. The average Bonchev–Trinajstić information content (AvgIpc) is 2.71. The molecule has 3 nitrogen and oxygen atoms in total. The van der Waals surface area contributed by atoms with Crippen LogP contribution in [0, 0.1) is 11.3 Å². The van der Waals surface area contributed by atoms with Crippen LogP contribution in [0.1, 0.15) is 154 Å². The second-order valence-corrected chi connectivity index (χ2v) is 8.83. The van der Waals surface area contributed by atoms with Gasteiger partial charge >= 0.3 is 5.97 Å². The highest BCUT2D eigenvalue weighted by molar-refractivity contribution is 5.66. The van der Waals surface area contributed by atoms with Gasteiger partial charge in [0.2, 0.25) is 0 Å². The minimum atomic E-state index is -0.656. The fraction of sp³-hybridized carbons (Fsp3) is 0.923. The van der Waals surface area contributed by atoms with E-state index in [1.54, 1.807) is 0 Å². The van der Waals surface area contributed by atoms with Crippen molar-refractivity contribution in [3.05, 3.63) is 0 Å². The van der Waals surface area contributed by atoms with Crippen LogP contribution >= 0.6 is 0 Å². The van der Waals surface area contributed by atoms with Crippen LogP contribution in [0.25, 0.3) is 0 Å². The van der Waals surface area contributed by atoms with Crippen molar-refractivity contribution in [2.45, 2.75) is 154 Å². The lowest BCUT2D eigenvalue weighted by molar-refractivity contribution is -0.137. The van der Waals surface area contributed by atoms with Crippen molar-refractivity contribution in [2.75, 3.05) is 0 Å². The predicted molar refractivity (Wildman–Crippen MR) is 124 cm³/mol. The molecule has 0 aliphatic rings. The van der Waals surface area contributed by atoms with E-state index in [1.165, 1.54) is 122 Å². The molecular formula is C26H49NO2. The van der Waals surface area contributed by atoms with Crippen molar-refractivity contribution in [2.24, 2.45) is 0 Å². The maximum Gasteiger partial charge on any atom is 0.303 e. The van der Waals surface area contributed by atoms with Gasteiger partial charge < -0.3 is 5.11 Å². The van der Waals surface area contributed by atoms with Gasteiger partial charge in [-0.2, -0.15) is 5.26 Å². The largest absolute Gasteiger partial charge is 0.481 e. The zero-order valence-electron chi connectivity index (χ0n) is 19.3. The van der Waals surface area contributed by atoms with Crippen LogP contribution in [-0.2, 0) is 4.79 Å². The molecule has 0 atom stereocenters. The molecule has 0 aliphatic heterocycles. The summed E-state index contributed by atoms with van der Waals surface area (Å²) in [7, 11) is 0. The topological polar surface area (TPSA) is 61.1 Å². The number of unbranched alkanes of at least 4 members (excludes halogenated alkanes) is 22. The highest BCUT2D eigenvalue weighted by Crippen LogP contribution is 2.15. The highest BCUT2D eigenvalue weighted by atomic mass is 16.4. The summed E-state index contributed by atoms with van der Waals surface area (Å²) >= 11 is 0. The first-order chi connectivity index (χ1) is 14.3. The van der Waals surface area contributed by atoms with Crippen LogP contribution in [0.2, 0.25) is 0 Å². The normalized spacial score (nSPS) is 10.9. The zero-order valence-corrected chi connectivity index (χ0v) is 19.3. The van der Waals surface area contributed by atoms with Gasteiger partial charge in [0.05, 0.1) is 6.07 Å². The average molecular weight is 408 g/mol. The Bertz CT molecular complexity index is 375. The number of carboxylic acid groups (broad SMARTS) is 1. The van der Waals surface area contributed by atoms with E-state index in [9.17, 15) is 4.79 Å². The summed E-state index contributed by atoms with van der Waals surface area (Å²) in [6.07, 6.45) is 30.1. The van der Waals surface area contributed by atoms with Crippen molar-refractivity contribution >= 4 is 5.97 Å².